The minimum Gasteiger partial charge on any atom is -0.399 e. The van der Waals surface area contributed by atoms with Gasteiger partial charge in [0, 0.05) is 22.3 Å². The van der Waals surface area contributed by atoms with Gasteiger partial charge in [-0.05, 0) is 45.0 Å². The largest absolute Gasteiger partial charge is 0.399 e. The third-order valence-corrected chi connectivity index (χ3v) is 3.70. The highest BCUT2D eigenvalue weighted by molar-refractivity contribution is 7.13. The molecule has 0 saturated carbocycles. The fourth-order valence-corrected chi connectivity index (χ4v) is 2.33. The van der Waals surface area contributed by atoms with Crippen molar-refractivity contribution < 1.29 is 14.4 Å². The summed E-state index contributed by atoms with van der Waals surface area (Å²) in [5.41, 5.74) is 13.1. The van der Waals surface area contributed by atoms with Crippen LogP contribution in [-0.2, 0) is 9.59 Å². The monoisotopic (exact) mass is 403 g/mol. The Morgan fingerprint density at radius 1 is 1.11 bits per heavy atom. The van der Waals surface area contributed by atoms with Crippen LogP contribution in [0.1, 0.15) is 45.1 Å². The predicted molar refractivity (Wildman–Crippen MR) is 115 cm³/mol. The number of rotatable bonds is 4. The fraction of sp³-hybridized carbons (Fsp3) is 0.263. The zero-order chi connectivity index (χ0) is 21.7. The van der Waals surface area contributed by atoms with Crippen molar-refractivity contribution in [1.29, 1.82) is 0 Å². The van der Waals surface area contributed by atoms with Crippen molar-refractivity contribution in [3.8, 4) is 10.6 Å². The maximum Gasteiger partial charge on any atom is 0.296 e. The SMILES string of the molecule is CC.CC(=NC=O)C(N)=O.CC(C)=NC(=O)c1csc(-c2ccc(N)cc2)n1. The number of hydrogen-bond acceptors (Lipinski definition) is 6. The smallest absolute Gasteiger partial charge is 0.296 e. The molecule has 8 nitrogen and oxygen atoms in total. The van der Waals surface area contributed by atoms with E-state index in [0.29, 0.717) is 11.4 Å². The molecule has 0 atom stereocenters. The van der Waals surface area contributed by atoms with E-state index >= 15 is 0 Å². The van der Waals surface area contributed by atoms with Gasteiger partial charge in [-0.2, -0.15) is 0 Å². The average molecular weight is 404 g/mol. The second kappa shape index (κ2) is 13.0. The Hall–Kier alpha value is -3.20. The summed E-state index contributed by atoms with van der Waals surface area (Å²) < 4.78 is 0. The van der Waals surface area contributed by atoms with Crippen LogP contribution in [0.4, 0.5) is 5.69 Å². The van der Waals surface area contributed by atoms with Gasteiger partial charge in [-0.1, -0.05) is 13.8 Å². The van der Waals surface area contributed by atoms with Crippen LogP contribution in [-0.4, -0.2) is 34.6 Å². The van der Waals surface area contributed by atoms with Crippen molar-refractivity contribution in [3.05, 3.63) is 35.3 Å². The first-order chi connectivity index (χ1) is 13.2. The lowest BCUT2D eigenvalue weighted by Crippen LogP contribution is -2.20. The van der Waals surface area contributed by atoms with E-state index in [-0.39, 0.29) is 18.0 Å². The van der Waals surface area contributed by atoms with E-state index in [0.717, 1.165) is 16.3 Å². The minimum atomic E-state index is -0.669. The lowest BCUT2D eigenvalue weighted by molar-refractivity contribution is -0.112. The summed E-state index contributed by atoms with van der Waals surface area (Å²) in [6, 6.07) is 7.40. The number of nitrogens with zero attached hydrogens (tertiary/aromatic N) is 3. The number of primary amides is 1. The van der Waals surface area contributed by atoms with Crippen molar-refractivity contribution in [2.24, 2.45) is 15.7 Å². The number of amides is 3. The van der Waals surface area contributed by atoms with Gasteiger partial charge in [-0.15, -0.1) is 11.3 Å². The molecule has 0 spiro atoms. The number of nitrogens with two attached hydrogens (primary N) is 2. The van der Waals surface area contributed by atoms with Gasteiger partial charge >= 0.3 is 0 Å². The highest BCUT2D eigenvalue weighted by atomic mass is 32.1. The summed E-state index contributed by atoms with van der Waals surface area (Å²) in [7, 11) is 0. The molecular formula is C19H25N5O3S. The van der Waals surface area contributed by atoms with Crippen LogP contribution in [0.2, 0.25) is 0 Å². The number of aromatic nitrogens is 1. The molecule has 0 fully saturated rings. The molecule has 9 heteroatoms. The lowest BCUT2D eigenvalue weighted by Gasteiger charge is -1.96. The lowest BCUT2D eigenvalue weighted by atomic mass is 10.2. The summed E-state index contributed by atoms with van der Waals surface area (Å²) in [6.45, 7) is 8.94. The molecule has 1 aromatic heterocycles. The van der Waals surface area contributed by atoms with Crippen LogP contribution in [0.15, 0.2) is 39.6 Å². The first-order valence-electron chi connectivity index (χ1n) is 8.40. The van der Waals surface area contributed by atoms with Crippen molar-refractivity contribution in [2.45, 2.75) is 34.6 Å². The molecule has 0 aliphatic rings. The second-order valence-corrected chi connectivity index (χ2v) is 6.07. The van der Waals surface area contributed by atoms with Crippen molar-refractivity contribution >= 4 is 46.7 Å². The standard InChI is InChI=1S/C13H13N3OS.C4H6N2O2.C2H6/c1-8(2)15-12(17)11-7-18-13(16-11)9-3-5-10(14)6-4-9;1-3(4(5)8)6-2-7;1-2/h3-7H,14H2,1-2H3;2H,1H3,(H2,5,8);1-2H3. The van der Waals surface area contributed by atoms with Crippen LogP contribution in [0.25, 0.3) is 10.6 Å². The van der Waals surface area contributed by atoms with Crippen molar-refractivity contribution in [1.82, 2.24) is 4.98 Å². The van der Waals surface area contributed by atoms with Crippen LogP contribution >= 0.6 is 11.3 Å². The Labute approximate surface area is 168 Å². The van der Waals surface area contributed by atoms with E-state index in [1.165, 1.54) is 18.3 Å². The molecule has 0 radical (unpaired) electrons. The van der Waals surface area contributed by atoms with E-state index in [1.807, 2.05) is 38.1 Å². The molecule has 4 N–H and O–H groups in total. The van der Waals surface area contributed by atoms with Gasteiger partial charge in [-0.3, -0.25) is 14.4 Å². The maximum atomic E-state index is 11.7. The number of nitrogen functional groups attached to an aromatic ring is 1. The number of hydrogen-bond donors (Lipinski definition) is 2. The molecule has 28 heavy (non-hydrogen) atoms. The molecule has 2 rings (SSSR count). The quantitative estimate of drug-likeness (QED) is 0.458. The van der Waals surface area contributed by atoms with Gasteiger partial charge in [0.15, 0.2) is 0 Å². The molecule has 0 bridgehead atoms. The highest BCUT2D eigenvalue weighted by Crippen LogP contribution is 2.24. The summed E-state index contributed by atoms with van der Waals surface area (Å²) in [5, 5.41) is 2.52. The Balaban J connectivity index is 0.000000618. The van der Waals surface area contributed by atoms with Crippen molar-refractivity contribution in [2.75, 3.05) is 5.73 Å². The normalized spacial score (nSPS) is 9.82. The topological polar surface area (TPSA) is 141 Å². The van der Waals surface area contributed by atoms with E-state index in [9.17, 15) is 14.4 Å². The molecule has 1 aromatic carbocycles. The molecule has 150 valence electrons. The summed E-state index contributed by atoms with van der Waals surface area (Å²) in [5.74, 6) is -0.968. The summed E-state index contributed by atoms with van der Waals surface area (Å²) in [4.78, 5) is 42.5. The fourth-order valence-electron chi connectivity index (χ4n) is 1.53. The Morgan fingerprint density at radius 3 is 2.11 bits per heavy atom. The predicted octanol–water partition coefficient (Wildman–Crippen LogP) is 3.13. The molecule has 0 unspecified atom stereocenters. The van der Waals surface area contributed by atoms with E-state index < -0.39 is 5.91 Å². The first-order valence-corrected chi connectivity index (χ1v) is 9.28. The van der Waals surface area contributed by atoms with E-state index in [4.69, 9.17) is 11.5 Å². The average Bonchev–Trinajstić information content (AvgIpc) is 3.14. The molecule has 3 amide bonds. The first kappa shape index (κ1) is 24.8. The third-order valence-electron chi connectivity index (χ3n) is 2.81. The highest BCUT2D eigenvalue weighted by Gasteiger charge is 2.10. The number of thiazole rings is 1. The van der Waals surface area contributed by atoms with E-state index in [2.05, 4.69) is 15.0 Å². The molecule has 0 aliphatic carbocycles. The molecule has 2 aromatic rings. The minimum absolute atomic E-state index is 0.0278. The molecule has 0 aliphatic heterocycles. The van der Waals surface area contributed by atoms with Gasteiger partial charge < -0.3 is 11.5 Å². The molecular weight excluding hydrogens is 378 g/mol. The van der Waals surface area contributed by atoms with Crippen LogP contribution in [0.3, 0.4) is 0 Å². The van der Waals surface area contributed by atoms with Crippen LogP contribution < -0.4 is 11.5 Å². The number of anilines is 1. The second-order valence-electron chi connectivity index (χ2n) is 5.21. The van der Waals surface area contributed by atoms with Crippen molar-refractivity contribution in [3.63, 3.8) is 0 Å². The third kappa shape index (κ3) is 8.95. The number of carbonyl (C=O) groups is 3. The van der Waals surface area contributed by atoms with Gasteiger partial charge in [0.2, 0.25) is 6.41 Å². The Kier molecular flexibility index (Phi) is 11.6. The zero-order valence-electron chi connectivity index (χ0n) is 16.6. The molecule has 0 saturated heterocycles. The Morgan fingerprint density at radius 2 is 1.68 bits per heavy atom. The summed E-state index contributed by atoms with van der Waals surface area (Å²) in [6.07, 6.45) is 0.278. The number of aliphatic imine (C=N–C) groups is 2. The number of benzene rings is 1. The maximum absolute atomic E-state index is 11.7. The van der Waals surface area contributed by atoms with Gasteiger partial charge in [-0.25, -0.2) is 15.0 Å². The van der Waals surface area contributed by atoms with Gasteiger partial charge in [0.1, 0.15) is 16.4 Å². The molecule has 1 heterocycles. The van der Waals surface area contributed by atoms with E-state index in [1.54, 1.807) is 19.2 Å². The van der Waals surface area contributed by atoms with Crippen LogP contribution in [0.5, 0.6) is 0 Å². The Bertz CT molecular complexity index is 851. The van der Waals surface area contributed by atoms with Gasteiger partial charge in [0.25, 0.3) is 11.8 Å². The number of carbonyl (C=O) groups excluding carboxylic acids is 3. The zero-order valence-corrected chi connectivity index (χ0v) is 17.4. The van der Waals surface area contributed by atoms with Crippen LogP contribution in [0, 0.1) is 0 Å². The summed E-state index contributed by atoms with van der Waals surface area (Å²) >= 11 is 1.42. The van der Waals surface area contributed by atoms with Gasteiger partial charge in [0.05, 0.1) is 0 Å².